The summed E-state index contributed by atoms with van der Waals surface area (Å²) in [6, 6.07) is -0.586. The van der Waals surface area contributed by atoms with E-state index in [0.717, 1.165) is 51.4 Å². The number of carbonyl (C=O) groups is 2. The second-order valence-electron chi connectivity index (χ2n) is 18.6. The van der Waals surface area contributed by atoms with E-state index in [1.807, 2.05) is 6.08 Å². The quantitative estimate of drug-likeness (QED) is 0.0321. The molecule has 0 aliphatic rings. The Bertz CT molecular complexity index is 1010. The predicted octanol–water partition coefficient (Wildman–Crippen LogP) is 16.5. The molecule has 0 spiro atoms. The van der Waals surface area contributed by atoms with Gasteiger partial charge in [-0.25, -0.2) is 0 Å². The maximum atomic E-state index is 12.4. The van der Waals surface area contributed by atoms with Gasteiger partial charge in [0.25, 0.3) is 0 Å². The van der Waals surface area contributed by atoms with Crippen molar-refractivity contribution in [2.24, 2.45) is 0 Å². The average Bonchev–Trinajstić information content (AvgIpc) is 3.27. The van der Waals surface area contributed by atoms with Gasteiger partial charge in [0.1, 0.15) is 0 Å². The van der Waals surface area contributed by atoms with Gasteiger partial charge in [-0.05, 0) is 70.6 Å². The van der Waals surface area contributed by atoms with E-state index in [1.54, 1.807) is 0 Å². The predicted molar refractivity (Wildman–Crippen MR) is 269 cm³/mol. The number of ether oxygens (including phenoxy) is 1. The van der Waals surface area contributed by atoms with Crippen LogP contribution < -0.4 is 5.32 Å². The minimum absolute atomic E-state index is 0.0263. The number of amides is 1. The van der Waals surface area contributed by atoms with E-state index in [1.165, 1.54) is 193 Å². The van der Waals surface area contributed by atoms with E-state index in [2.05, 4.69) is 49.5 Å². The van der Waals surface area contributed by atoms with Crippen molar-refractivity contribution < 1.29 is 24.5 Å². The molecule has 2 unspecified atom stereocenters. The number of rotatable bonds is 50. The summed E-state index contributed by atoms with van der Waals surface area (Å²) in [4.78, 5) is 24.4. The molecular formula is C56H105NO5. The van der Waals surface area contributed by atoms with Crippen molar-refractivity contribution in [2.45, 2.75) is 296 Å². The lowest BCUT2D eigenvalue weighted by atomic mass is 10.0. The van der Waals surface area contributed by atoms with Crippen molar-refractivity contribution in [3.8, 4) is 0 Å². The molecule has 1 amide bonds. The van der Waals surface area contributed by atoms with Crippen LogP contribution in [0.15, 0.2) is 36.5 Å². The van der Waals surface area contributed by atoms with Crippen LogP contribution in [-0.4, -0.2) is 47.4 Å². The first-order valence-electron chi connectivity index (χ1n) is 27.2. The molecule has 0 saturated heterocycles. The van der Waals surface area contributed by atoms with E-state index in [-0.39, 0.29) is 18.5 Å². The fourth-order valence-corrected chi connectivity index (χ4v) is 8.21. The third-order valence-electron chi connectivity index (χ3n) is 12.4. The molecule has 0 heterocycles. The maximum Gasteiger partial charge on any atom is 0.305 e. The van der Waals surface area contributed by atoms with E-state index in [4.69, 9.17) is 4.74 Å². The number of aliphatic hydroxyl groups excluding tert-OH is 2. The number of hydrogen-bond donors (Lipinski definition) is 3. The zero-order valence-electron chi connectivity index (χ0n) is 41.4. The molecule has 0 bridgehead atoms. The van der Waals surface area contributed by atoms with Gasteiger partial charge in [-0.15, -0.1) is 0 Å². The highest BCUT2D eigenvalue weighted by atomic mass is 16.5. The van der Waals surface area contributed by atoms with E-state index < -0.39 is 12.1 Å². The number of esters is 1. The smallest absolute Gasteiger partial charge is 0.305 e. The van der Waals surface area contributed by atoms with Crippen molar-refractivity contribution in [3.63, 3.8) is 0 Å². The molecular weight excluding hydrogens is 767 g/mol. The van der Waals surface area contributed by atoms with Crippen LogP contribution in [-0.2, 0) is 14.3 Å². The molecule has 0 aliphatic heterocycles. The first-order valence-corrected chi connectivity index (χ1v) is 27.2. The number of allylic oxidation sites excluding steroid dienone is 6. The second-order valence-corrected chi connectivity index (χ2v) is 18.6. The second kappa shape index (κ2) is 51.7. The molecule has 0 aliphatic carbocycles. The van der Waals surface area contributed by atoms with Crippen LogP contribution in [0.2, 0.25) is 0 Å². The zero-order valence-corrected chi connectivity index (χ0v) is 41.4. The minimum atomic E-state index is -0.700. The fourth-order valence-electron chi connectivity index (χ4n) is 8.21. The van der Waals surface area contributed by atoms with Gasteiger partial charge in [-0.3, -0.25) is 9.59 Å². The van der Waals surface area contributed by atoms with Crippen LogP contribution in [0.1, 0.15) is 284 Å². The van der Waals surface area contributed by atoms with Crippen molar-refractivity contribution in [3.05, 3.63) is 36.5 Å². The lowest BCUT2D eigenvalue weighted by Crippen LogP contribution is -2.45. The Morgan fingerprint density at radius 3 is 1.29 bits per heavy atom. The first kappa shape index (κ1) is 60.1. The summed E-state index contributed by atoms with van der Waals surface area (Å²) in [5.41, 5.74) is 0. The van der Waals surface area contributed by atoms with Gasteiger partial charge >= 0.3 is 5.97 Å². The Morgan fingerprint density at radius 1 is 0.452 bits per heavy atom. The molecule has 364 valence electrons. The summed E-state index contributed by atoms with van der Waals surface area (Å²) in [5, 5.41) is 23.2. The molecule has 62 heavy (non-hydrogen) atoms. The van der Waals surface area contributed by atoms with Crippen LogP contribution in [0.4, 0.5) is 0 Å². The standard InChI is InChI=1S/C56H105NO5/c1-3-5-7-9-11-13-15-17-18-19-20-21-22-25-28-32-36-40-44-48-54(59)53(52-58)57-55(60)49-45-41-37-33-29-26-23-27-31-35-39-43-47-51-62-56(61)50-46-42-38-34-30-24-16-14-12-10-8-6-4-2/h14,16,26,29,37,41,53-54,58-59H,3-13,15,17-25,27-28,30-36,38-40,42-52H2,1-2H3,(H,57,60)/b16-14-,29-26-,41-37-. The molecule has 0 aromatic carbocycles. The van der Waals surface area contributed by atoms with Crippen LogP contribution in [0.3, 0.4) is 0 Å². The van der Waals surface area contributed by atoms with Gasteiger partial charge in [0.2, 0.25) is 5.91 Å². The Kier molecular flexibility index (Phi) is 50.1. The van der Waals surface area contributed by atoms with Crippen LogP contribution in [0.25, 0.3) is 0 Å². The molecule has 0 aromatic heterocycles. The summed E-state index contributed by atoms with van der Waals surface area (Å²) in [7, 11) is 0. The highest BCUT2D eigenvalue weighted by Crippen LogP contribution is 2.16. The Hall–Kier alpha value is -1.92. The first-order chi connectivity index (χ1) is 30.5. The molecule has 0 aromatic rings. The number of aliphatic hydroxyl groups is 2. The Balaban J connectivity index is 3.56. The van der Waals surface area contributed by atoms with Crippen molar-refractivity contribution in [1.82, 2.24) is 5.32 Å². The largest absolute Gasteiger partial charge is 0.466 e. The number of nitrogens with one attached hydrogen (secondary N) is 1. The van der Waals surface area contributed by atoms with Crippen LogP contribution in [0, 0.1) is 0 Å². The van der Waals surface area contributed by atoms with Crippen molar-refractivity contribution in [1.29, 1.82) is 0 Å². The maximum absolute atomic E-state index is 12.4. The number of carbonyl (C=O) groups excluding carboxylic acids is 2. The zero-order chi connectivity index (χ0) is 45.1. The number of hydrogen-bond acceptors (Lipinski definition) is 5. The molecule has 6 nitrogen and oxygen atoms in total. The van der Waals surface area contributed by atoms with Gasteiger partial charge in [0.05, 0.1) is 25.4 Å². The third kappa shape index (κ3) is 47.6. The van der Waals surface area contributed by atoms with Crippen molar-refractivity contribution in [2.75, 3.05) is 13.2 Å². The Morgan fingerprint density at radius 2 is 0.823 bits per heavy atom. The normalized spacial score (nSPS) is 12.9. The summed E-state index contributed by atoms with van der Waals surface area (Å²) in [6.45, 7) is 4.87. The van der Waals surface area contributed by atoms with Gasteiger partial charge < -0.3 is 20.3 Å². The molecule has 0 saturated carbocycles. The summed E-state index contributed by atoms with van der Waals surface area (Å²) in [5.74, 6) is -0.141. The fraction of sp³-hybridized carbons (Fsp3) is 0.857. The van der Waals surface area contributed by atoms with E-state index >= 15 is 0 Å². The SMILES string of the molecule is CCCCCC/C=C\CCCCCCCC(=O)OCCCCCCCC/C=C\C/C=C\CCC(=O)NC(CO)C(O)CCCCCCCCCCCCCCCCCCCCC. The lowest BCUT2D eigenvalue weighted by Gasteiger charge is -2.22. The highest BCUT2D eigenvalue weighted by molar-refractivity contribution is 5.76. The van der Waals surface area contributed by atoms with Crippen LogP contribution >= 0.6 is 0 Å². The van der Waals surface area contributed by atoms with Gasteiger partial charge in [-0.1, -0.05) is 237 Å². The molecule has 2 atom stereocenters. The Labute approximate surface area is 385 Å². The van der Waals surface area contributed by atoms with Crippen LogP contribution in [0.5, 0.6) is 0 Å². The summed E-state index contributed by atoms with van der Waals surface area (Å²) >= 11 is 0. The van der Waals surface area contributed by atoms with E-state index in [9.17, 15) is 19.8 Å². The average molecular weight is 872 g/mol. The summed E-state index contributed by atoms with van der Waals surface area (Å²) < 4.78 is 5.44. The number of unbranched alkanes of at least 4 members (excludes halogenated alkanes) is 33. The lowest BCUT2D eigenvalue weighted by molar-refractivity contribution is -0.143. The molecule has 3 N–H and O–H groups in total. The van der Waals surface area contributed by atoms with Gasteiger partial charge in [-0.2, -0.15) is 0 Å². The topological polar surface area (TPSA) is 95.9 Å². The van der Waals surface area contributed by atoms with E-state index in [0.29, 0.717) is 32.3 Å². The van der Waals surface area contributed by atoms with Gasteiger partial charge in [0.15, 0.2) is 0 Å². The molecule has 0 fully saturated rings. The minimum Gasteiger partial charge on any atom is -0.466 e. The highest BCUT2D eigenvalue weighted by Gasteiger charge is 2.19. The third-order valence-corrected chi connectivity index (χ3v) is 12.4. The molecule has 0 rings (SSSR count). The molecule has 0 radical (unpaired) electrons. The van der Waals surface area contributed by atoms with Gasteiger partial charge in [0, 0.05) is 12.8 Å². The monoisotopic (exact) mass is 872 g/mol. The molecule has 6 heteroatoms. The summed E-state index contributed by atoms with van der Waals surface area (Å²) in [6.07, 6.45) is 62.8. The van der Waals surface area contributed by atoms with Crippen molar-refractivity contribution >= 4 is 11.9 Å².